The van der Waals surface area contributed by atoms with Gasteiger partial charge in [-0.2, -0.15) is 0 Å². The second-order valence-electron chi connectivity index (χ2n) is 6.78. The molecule has 1 aliphatic heterocycles. The van der Waals surface area contributed by atoms with Crippen LogP contribution in [0.4, 0.5) is 0 Å². The number of amides is 1. The van der Waals surface area contributed by atoms with Gasteiger partial charge < -0.3 is 9.32 Å². The van der Waals surface area contributed by atoms with Crippen molar-refractivity contribution in [3.05, 3.63) is 41.8 Å². The van der Waals surface area contributed by atoms with Gasteiger partial charge in [-0.15, -0.1) is 0 Å². The summed E-state index contributed by atoms with van der Waals surface area (Å²) in [6.45, 7) is 0.585. The van der Waals surface area contributed by atoms with Gasteiger partial charge >= 0.3 is 0 Å². The van der Waals surface area contributed by atoms with E-state index in [-0.39, 0.29) is 18.4 Å². The lowest BCUT2D eigenvalue weighted by molar-refractivity contribution is 0.0785. The van der Waals surface area contributed by atoms with Crippen LogP contribution in [0, 0.1) is 0 Å². The third kappa shape index (κ3) is 3.14. The minimum absolute atomic E-state index is 0.180. The average Bonchev–Trinajstić information content (AvgIpc) is 3.21. The summed E-state index contributed by atoms with van der Waals surface area (Å²) < 4.78 is 32.3. The van der Waals surface area contributed by atoms with Gasteiger partial charge in [0, 0.05) is 24.6 Å². The number of hydrogen-bond donors (Lipinski definition) is 1. The average molecular weight is 375 g/mol. The quantitative estimate of drug-likeness (QED) is 0.863. The van der Waals surface area contributed by atoms with E-state index in [1.165, 1.54) is 7.05 Å². The van der Waals surface area contributed by atoms with Crippen molar-refractivity contribution in [2.45, 2.75) is 30.4 Å². The first kappa shape index (κ1) is 17.2. The Bertz CT molecular complexity index is 919. The van der Waals surface area contributed by atoms with Gasteiger partial charge in [-0.25, -0.2) is 18.1 Å². The zero-order chi connectivity index (χ0) is 18.3. The summed E-state index contributed by atoms with van der Waals surface area (Å²) in [5.41, 5.74) is 1.15. The number of likely N-dealkylation sites (tertiary alicyclic amines) is 1. The van der Waals surface area contributed by atoms with E-state index in [2.05, 4.69) is 9.71 Å². The summed E-state index contributed by atoms with van der Waals surface area (Å²) in [6, 6.07) is 9.48. The molecular weight excluding hydrogens is 354 g/mol. The molecule has 0 unspecified atom stereocenters. The van der Waals surface area contributed by atoms with Crippen molar-refractivity contribution in [2.75, 3.05) is 20.1 Å². The lowest BCUT2D eigenvalue weighted by Crippen LogP contribution is -2.36. The van der Waals surface area contributed by atoms with Crippen molar-refractivity contribution in [3.63, 3.8) is 0 Å². The van der Waals surface area contributed by atoms with Crippen molar-refractivity contribution in [2.24, 2.45) is 0 Å². The van der Waals surface area contributed by atoms with Crippen molar-refractivity contribution in [3.8, 4) is 11.5 Å². The van der Waals surface area contributed by atoms with Gasteiger partial charge in [0.25, 0.3) is 5.91 Å². The predicted molar refractivity (Wildman–Crippen MR) is 96.2 cm³/mol. The molecule has 1 aliphatic carbocycles. The standard InChI is InChI=1S/C18H21N3O4S/c1-19-26(23,24)14-9-10-21(11-14)18(22)15-16(12-7-8-12)25-17(20-15)13-5-3-2-4-6-13/h2-6,12,14,19H,7-11H2,1H3/t14-/m1/s1. The second kappa shape index (κ2) is 6.51. The Balaban J connectivity index is 1.61. The SMILES string of the molecule is CNS(=O)(=O)[C@@H]1CCN(C(=O)c2nc(-c3ccccc3)oc2C2CC2)C1. The maximum Gasteiger partial charge on any atom is 0.276 e. The summed E-state index contributed by atoms with van der Waals surface area (Å²) in [5, 5.41) is -0.582. The Morgan fingerprint density at radius 1 is 1.23 bits per heavy atom. The molecule has 4 rings (SSSR count). The summed E-state index contributed by atoms with van der Waals surface area (Å²) in [6.07, 6.45) is 2.40. The maximum absolute atomic E-state index is 13.0. The molecule has 1 atom stereocenters. The Hall–Kier alpha value is -2.19. The van der Waals surface area contributed by atoms with E-state index in [1.54, 1.807) is 4.90 Å². The number of carbonyl (C=O) groups is 1. The van der Waals surface area contributed by atoms with Crippen LogP contribution in [-0.2, 0) is 10.0 Å². The fourth-order valence-electron chi connectivity index (χ4n) is 3.29. The summed E-state index contributed by atoms with van der Waals surface area (Å²) in [4.78, 5) is 19.0. The van der Waals surface area contributed by atoms with E-state index in [0.29, 0.717) is 30.3 Å². The highest BCUT2D eigenvalue weighted by Crippen LogP contribution is 2.43. The summed E-state index contributed by atoms with van der Waals surface area (Å²) >= 11 is 0. The molecule has 0 spiro atoms. The zero-order valence-electron chi connectivity index (χ0n) is 14.5. The Labute approximate surface area is 152 Å². The van der Waals surface area contributed by atoms with E-state index in [4.69, 9.17) is 4.42 Å². The molecule has 26 heavy (non-hydrogen) atoms. The van der Waals surface area contributed by atoms with Crippen molar-refractivity contribution < 1.29 is 17.6 Å². The molecule has 7 nitrogen and oxygen atoms in total. The van der Waals surface area contributed by atoms with Crippen LogP contribution in [0.25, 0.3) is 11.5 Å². The molecule has 1 N–H and O–H groups in total. The molecular formula is C18H21N3O4S. The molecule has 8 heteroatoms. The van der Waals surface area contributed by atoms with Crippen molar-refractivity contribution in [1.29, 1.82) is 0 Å². The molecule has 1 saturated carbocycles. The number of benzene rings is 1. The van der Waals surface area contributed by atoms with E-state index < -0.39 is 15.3 Å². The Morgan fingerprint density at radius 2 is 1.96 bits per heavy atom. The van der Waals surface area contributed by atoms with Gasteiger partial charge in [0.05, 0.1) is 5.25 Å². The Morgan fingerprint density at radius 3 is 2.62 bits per heavy atom. The van der Waals surface area contributed by atoms with Crippen molar-refractivity contribution in [1.82, 2.24) is 14.6 Å². The van der Waals surface area contributed by atoms with Crippen LogP contribution in [-0.4, -0.2) is 49.6 Å². The van der Waals surface area contributed by atoms with E-state index >= 15 is 0 Å². The highest BCUT2D eigenvalue weighted by molar-refractivity contribution is 7.90. The van der Waals surface area contributed by atoms with Gasteiger partial charge in [0.15, 0.2) is 5.69 Å². The maximum atomic E-state index is 13.0. The molecule has 2 heterocycles. The van der Waals surface area contributed by atoms with E-state index in [1.807, 2.05) is 30.3 Å². The van der Waals surface area contributed by atoms with Gasteiger partial charge in [0.2, 0.25) is 15.9 Å². The smallest absolute Gasteiger partial charge is 0.276 e. The summed E-state index contributed by atoms with van der Waals surface area (Å²) in [7, 11) is -1.99. The number of carbonyl (C=O) groups excluding carboxylic acids is 1. The molecule has 0 bridgehead atoms. The fourth-order valence-corrected chi connectivity index (χ4v) is 4.42. The number of nitrogens with zero attached hydrogens (tertiary/aromatic N) is 2. The zero-order valence-corrected chi connectivity index (χ0v) is 15.3. The van der Waals surface area contributed by atoms with Crippen LogP contribution in [0.5, 0.6) is 0 Å². The third-order valence-corrected chi connectivity index (χ3v) is 6.81. The largest absolute Gasteiger partial charge is 0.440 e. The lowest BCUT2D eigenvalue weighted by atomic mass is 10.2. The number of oxazole rings is 1. The van der Waals surface area contributed by atoms with Crippen LogP contribution < -0.4 is 4.72 Å². The molecule has 138 valence electrons. The molecule has 0 radical (unpaired) electrons. The third-order valence-electron chi connectivity index (χ3n) is 4.98. The van der Waals surface area contributed by atoms with Gasteiger partial charge in [-0.05, 0) is 38.4 Å². The summed E-state index contributed by atoms with van der Waals surface area (Å²) in [5.74, 6) is 1.06. The van der Waals surface area contributed by atoms with Gasteiger partial charge in [-0.3, -0.25) is 4.79 Å². The van der Waals surface area contributed by atoms with Crippen LogP contribution in [0.2, 0.25) is 0 Å². The molecule has 2 fully saturated rings. The molecule has 1 aromatic carbocycles. The number of rotatable bonds is 5. The van der Waals surface area contributed by atoms with Crippen molar-refractivity contribution >= 4 is 15.9 Å². The minimum Gasteiger partial charge on any atom is -0.440 e. The molecule has 2 aliphatic rings. The van der Waals surface area contributed by atoms with Crippen LogP contribution in [0.3, 0.4) is 0 Å². The normalized spacial score (nSPS) is 20.5. The Kier molecular flexibility index (Phi) is 4.32. The monoisotopic (exact) mass is 375 g/mol. The number of hydrogen-bond acceptors (Lipinski definition) is 5. The van der Waals surface area contributed by atoms with Crippen LogP contribution in [0.15, 0.2) is 34.7 Å². The van der Waals surface area contributed by atoms with Crippen LogP contribution in [0.1, 0.15) is 41.4 Å². The van der Waals surface area contributed by atoms with E-state index in [9.17, 15) is 13.2 Å². The molecule has 2 aromatic rings. The van der Waals surface area contributed by atoms with E-state index in [0.717, 1.165) is 18.4 Å². The highest BCUT2D eigenvalue weighted by atomic mass is 32.2. The first-order valence-electron chi connectivity index (χ1n) is 8.77. The topological polar surface area (TPSA) is 92.5 Å². The highest BCUT2D eigenvalue weighted by Gasteiger charge is 2.39. The molecule has 1 amide bonds. The number of sulfonamides is 1. The first-order valence-corrected chi connectivity index (χ1v) is 10.3. The predicted octanol–water partition coefficient (Wildman–Crippen LogP) is 1.98. The first-order chi connectivity index (χ1) is 12.5. The van der Waals surface area contributed by atoms with Gasteiger partial charge in [0.1, 0.15) is 5.76 Å². The minimum atomic E-state index is -3.39. The lowest BCUT2D eigenvalue weighted by Gasteiger charge is -2.15. The second-order valence-corrected chi connectivity index (χ2v) is 8.95. The molecule has 1 aromatic heterocycles. The number of aromatic nitrogens is 1. The fraction of sp³-hybridized carbons (Fsp3) is 0.444. The molecule has 1 saturated heterocycles. The number of nitrogens with one attached hydrogen (secondary N) is 1. The van der Waals surface area contributed by atoms with Gasteiger partial charge in [-0.1, -0.05) is 18.2 Å². The van der Waals surface area contributed by atoms with Crippen LogP contribution >= 0.6 is 0 Å².